The molecule has 26 heavy (non-hydrogen) atoms. The molecule has 0 unspecified atom stereocenters. The first-order valence-electron chi connectivity index (χ1n) is 8.12. The Morgan fingerprint density at radius 3 is 2.58 bits per heavy atom. The number of rotatable bonds is 5. The lowest BCUT2D eigenvalue weighted by molar-refractivity contribution is 0.617. The van der Waals surface area contributed by atoms with E-state index in [4.69, 9.17) is 16.6 Å². The zero-order valence-corrected chi connectivity index (χ0v) is 15.3. The van der Waals surface area contributed by atoms with E-state index in [0.717, 1.165) is 21.8 Å². The van der Waals surface area contributed by atoms with Gasteiger partial charge in [-0.25, -0.2) is 9.37 Å². The highest BCUT2D eigenvalue weighted by molar-refractivity contribution is 7.98. The Labute approximate surface area is 159 Å². The Kier molecular flexibility index (Phi) is 4.91. The third kappa shape index (κ3) is 3.45. The van der Waals surface area contributed by atoms with Gasteiger partial charge in [0.25, 0.3) is 0 Å². The largest absolute Gasteiger partial charge is 0.313 e. The number of pyridine rings is 1. The number of thioether (sulfide) groups is 1. The number of halogens is 2. The number of hydrogen-bond acceptors (Lipinski definition) is 3. The maximum atomic E-state index is 13.9. The second-order valence-corrected chi connectivity index (χ2v) is 7.17. The molecule has 0 saturated heterocycles. The van der Waals surface area contributed by atoms with Gasteiger partial charge in [-0.05, 0) is 29.3 Å². The first kappa shape index (κ1) is 17.1. The van der Waals surface area contributed by atoms with Crippen LogP contribution in [0.4, 0.5) is 4.39 Å². The summed E-state index contributed by atoms with van der Waals surface area (Å²) in [4.78, 5) is 8.92. The number of fused-ring (bicyclic) bond motifs is 1. The standard InChI is InChI=1S/C20H15ClFN3S/c21-16-7-3-1-5-14(16)12-25-19-11-23-10-9-18(19)24-20(25)26-13-15-6-2-4-8-17(15)22/h1-11H,12-13H2. The Balaban J connectivity index is 1.70. The third-order valence-electron chi connectivity index (χ3n) is 4.12. The first-order valence-corrected chi connectivity index (χ1v) is 9.48. The summed E-state index contributed by atoms with van der Waals surface area (Å²) in [5.41, 5.74) is 3.46. The van der Waals surface area contributed by atoms with E-state index >= 15 is 0 Å². The number of aromatic nitrogens is 3. The van der Waals surface area contributed by atoms with Gasteiger partial charge in [0.15, 0.2) is 5.16 Å². The van der Waals surface area contributed by atoms with Gasteiger partial charge in [-0.15, -0.1) is 0 Å². The summed E-state index contributed by atoms with van der Waals surface area (Å²) in [5, 5.41) is 1.53. The zero-order valence-electron chi connectivity index (χ0n) is 13.8. The number of benzene rings is 2. The zero-order chi connectivity index (χ0) is 17.9. The first-order chi connectivity index (χ1) is 12.7. The number of imidazole rings is 1. The van der Waals surface area contributed by atoms with Crippen molar-refractivity contribution in [2.24, 2.45) is 0 Å². The van der Waals surface area contributed by atoms with Crippen LogP contribution in [0, 0.1) is 5.82 Å². The molecule has 0 saturated carbocycles. The molecule has 2 aromatic heterocycles. The molecule has 0 atom stereocenters. The van der Waals surface area contributed by atoms with Crippen LogP contribution >= 0.6 is 23.4 Å². The lowest BCUT2D eigenvalue weighted by Crippen LogP contribution is -2.02. The van der Waals surface area contributed by atoms with E-state index in [2.05, 4.69) is 9.55 Å². The van der Waals surface area contributed by atoms with Crippen LogP contribution in [0.3, 0.4) is 0 Å². The van der Waals surface area contributed by atoms with Crippen LogP contribution < -0.4 is 0 Å². The number of nitrogens with zero attached hydrogens (tertiary/aromatic N) is 3. The van der Waals surface area contributed by atoms with Gasteiger partial charge in [0, 0.05) is 17.0 Å². The van der Waals surface area contributed by atoms with Crippen molar-refractivity contribution in [1.29, 1.82) is 0 Å². The van der Waals surface area contributed by atoms with Crippen LogP contribution in [-0.2, 0) is 12.3 Å². The van der Waals surface area contributed by atoms with Crippen molar-refractivity contribution in [2.45, 2.75) is 17.5 Å². The molecule has 0 aliphatic heterocycles. The molecule has 0 fully saturated rings. The lowest BCUT2D eigenvalue weighted by atomic mass is 10.2. The summed E-state index contributed by atoms with van der Waals surface area (Å²) >= 11 is 7.84. The predicted molar refractivity (Wildman–Crippen MR) is 104 cm³/mol. The van der Waals surface area contributed by atoms with Gasteiger partial charge >= 0.3 is 0 Å². The minimum atomic E-state index is -0.199. The second kappa shape index (κ2) is 7.48. The fourth-order valence-electron chi connectivity index (χ4n) is 2.77. The minimum absolute atomic E-state index is 0.199. The summed E-state index contributed by atoms with van der Waals surface area (Å²) in [6, 6.07) is 16.4. The SMILES string of the molecule is Fc1ccccc1CSc1nc2ccncc2n1Cc1ccccc1Cl. The van der Waals surface area contributed by atoms with E-state index < -0.39 is 0 Å². The molecular weight excluding hydrogens is 369 g/mol. The van der Waals surface area contributed by atoms with Gasteiger partial charge in [-0.3, -0.25) is 4.98 Å². The van der Waals surface area contributed by atoms with Crippen LogP contribution in [0.2, 0.25) is 5.02 Å². The molecule has 4 rings (SSSR count). The smallest absolute Gasteiger partial charge is 0.169 e. The van der Waals surface area contributed by atoms with Gasteiger partial charge < -0.3 is 4.57 Å². The Bertz CT molecular complexity index is 1060. The molecule has 2 heterocycles. The molecule has 4 aromatic rings. The van der Waals surface area contributed by atoms with E-state index in [9.17, 15) is 4.39 Å². The van der Waals surface area contributed by atoms with Gasteiger partial charge in [-0.1, -0.05) is 59.8 Å². The fourth-order valence-corrected chi connectivity index (χ4v) is 3.96. The van der Waals surface area contributed by atoms with E-state index in [0.29, 0.717) is 22.9 Å². The van der Waals surface area contributed by atoms with Crippen molar-refractivity contribution < 1.29 is 4.39 Å². The normalized spacial score (nSPS) is 11.2. The van der Waals surface area contributed by atoms with Crippen LogP contribution in [-0.4, -0.2) is 14.5 Å². The van der Waals surface area contributed by atoms with Crippen molar-refractivity contribution >= 4 is 34.4 Å². The highest BCUT2D eigenvalue weighted by atomic mass is 35.5. The second-order valence-electron chi connectivity index (χ2n) is 5.82. The van der Waals surface area contributed by atoms with Crippen LogP contribution in [0.5, 0.6) is 0 Å². The molecule has 0 aliphatic rings. The van der Waals surface area contributed by atoms with Crippen LogP contribution in [0.25, 0.3) is 11.0 Å². The highest BCUT2D eigenvalue weighted by Gasteiger charge is 2.14. The van der Waals surface area contributed by atoms with Crippen molar-refractivity contribution in [1.82, 2.24) is 14.5 Å². The maximum Gasteiger partial charge on any atom is 0.169 e. The summed E-state index contributed by atoms with van der Waals surface area (Å²) in [7, 11) is 0. The average Bonchev–Trinajstić information content (AvgIpc) is 3.01. The predicted octanol–water partition coefficient (Wildman–Crippen LogP) is 5.56. The molecule has 0 amide bonds. The summed E-state index contributed by atoms with van der Waals surface area (Å²) < 4.78 is 16.0. The maximum absolute atomic E-state index is 13.9. The quantitative estimate of drug-likeness (QED) is 0.422. The summed E-state index contributed by atoms with van der Waals surface area (Å²) in [6.45, 7) is 0.585. The lowest BCUT2D eigenvalue weighted by Gasteiger charge is -2.10. The van der Waals surface area contributed by atoms with Gasteiger partial charge in [0.2, 0.25) is 0 Å². The molecule has 3 nitrogen and oxygen atoms in total. The third-order valence-corrected chi connectivity index (χ3v) is 5.51. The molecule has 6 heteroatoms. The average molecular weight is 384 g/mol. The van der Waals surface area contributed by atoms with Crippen LogP contribution in [0.1, 0.15) is 11.1 Å². The molecule has 0 radical (unpaired) electrons. The van der Waals surface area contributed by atoms with E-state index in [1.165, 1.54) is 17.8 Å². The minimum Gasteiger partial charge on any atom is -0.313 e. The Morgan fingerprint density at radius 2 is 1.77 bits per heavy atom. The fraction of sp³-hybridized carbons (Fsp3) is 0.100. The van der Waals surface area contributed by atoms with E-state index in [1.54, 1.807) is 24.5 Å². The summed E-state index contributed by atoms with van der Waals surface area (Å²) in [6.07, 6.45) is 3.52. The Morgan fingerprint density at radius 1 is 1.00 bits per heavy atom. The molecular formula is C20H15ClFN3S. The van der Waals surface area contributed by atoms with Crippen molar-refractivity contribution in [3.05, 3.63) is 89.0 Å². The van der Waals surface area contributed by atoms with E-state index in [1.807, 2.05) is 36.4 Å². The monoisotopic (exact) mass is 383 g/mol. The van der Waals surface area contributed by atoms with Crippen molar-refractivity contribution in [2.75, 3.05) is 0 Å². The van der Waals surface area contributed by atoms with Gasteiger partial charge in [-0.2, -0.15) is 0 Å². The number of hydrogen-bond donors (Lipinski definition) is 0. The Hall–Kier alpha value is -2.37. The van der Waals surface area contributed by atoms with Gasteiger partial charge in [0.1, 0.15) is 5.82 Å². The molecule has 0 aliphatic carbocycles. The van der Waals surface area contributed by atoms with E-state index in [-0.39, 0.29) is 5.82 Å². The highest BCUT2D eigenvalue weighted by Crippen LogP contribution is 2.29. The molecule has 0 spiro atoms. The van der Waals surface area contributed by atoms with Crippen LogP contribution in [0.15, 0.2) is 72.1 Å². The molecule has 2 aromatic carbocycles. The van der Waals surface area contributed by atoms with Gasteiger partial charge in [0.05, 0.1) is 23.8 Å². The molecule has 0 N–H and O–H groups in total. The summed E-state index contributed by atoms with van der Waals surface area (Å²) in [5.74, 6) is 0.307. The molecule has 0 bridgehead atoms. The van der Waals surface area contributed by atoms with Crippen molar-refractivity contribution in [3.8, 4) is 0 Å². The van der Waals surface area contributed by atoms with Crippen molar-refractivity contribution in [3.63, 3.8) is 0 Å². The molecule has 130 valence electrons. The topological polar surface area (TPSA) is 30.7 Å².